The van der Waals surface area contributed by atoms with Gasteiger partial charge >= 0.3 is 0 Å². The van der Waals surface area contributed by atoms with Gasteiger partial charge in [0.15, 0.2) is 8.68 Å². The molecule has 0 amide bonds. The third-order valence-corrected chi connectivity index (χ3v) is 14.6. The van der Waals surface area contributed by atoms with E-state index in [0.717, 1.165) is 8.68 Å². The summed E-state index contributed by atoms with van der Waals surface area (Å²) in [4.78, 5) is 0. The minimum Gasteiger partial charge on any atom is -0.130 e. The fourth-order valence-corrected chi connectivity index (χ4v) is 10.1. The van der Waals surface area contributed by atoms with Crippen LogP contribution in [-0.2, 0) is 0 Å². The average molecular weight is 579 g/mol. The van der Waals surface area contributed by atoms with Gasteiger partial charge in [-0.05, 0) is 62.1 Å². The van der Waals surface area contributed by atoms with Crippen LogP contribution < -0.4 is 0 Å². The van der Waals surface area contributed by atoms with E-state index >= 15 is 0 Å². The van der Waals surface area contributed by atoms with E-state index in [1.165, 1.54) is 116 Å². The Balaban J connectivity index is 2.16. The molecule has 0 N–H and O–H groups in total. The van der Waals surface area contributed by atoms with Gasteiger partial charge in [-0.15, -0.1) is 10.2 Å². The van der Waals surface area contributed by atoms with E-state index in [2.05, 4.69) is 51.7 Å². The molecule has 0 aliphatic carbocycles. The number of hydrogen-bond donors (Lipinski definition) is 0. The molecule has 0 bridgehead atoms. The maximum atomic E-state index is 4.46. The quantitative estimate of drug-likeness (QED) is 0.0893. The molecule has 1 aromatic heterocycles. The van der Waals surface area contributed by atoms with Gasteiger partial charge in [-0.1, -0.05) is 150 Å². The molecule has 0 saturated heterocycles. The van der Waals surface area contributed by atoms with Crippen molar-refractivity contribution in [1.29, 1.82) is 0 Å². The molecular formula is C28H54N2S5. The number of rotatable bonds is 24. The van der Waals surface area contributed by atoms with Crippen molar-refractivity contribution >= 4 is 54.5 Å². The van der Waals surface area contributed by atoms with E-state index in [4.69, 9.17) is 0 Å². The van der Waals surface area contributed by atoms with Crippen LogP contribution in [0.2, 0.25) is 0 Å². The summed E-state index contributed by atoms with van der Waals surface area (Å²) in [5.74, 6) is 0. The third-order valence-electron chi connectivity index (χ3n) is 6.33. The zero-order valence-electron chi connectivity index (χ0n) is 23.7. The van der Waals surface area contributed by atoms with Crippen LogP contribution in [0.15, 0.2) is 8.68 Å². The van der Waals surface area contributed by atoms with Gasteiger partial charge < -0.3 is 0 Å². The highest BCUT2D eigenvalue weighted by Gasteiger charge is 2.22. The van der Waals surface area contributed by atoms with Crippen molar-refractivity contribution in [2.75, 3.05) is 0 Å². The van der Waals surface area contributed by atoms with Crippen LogP contribution in [0.4, 0.5) is 0 Å². The lowest BCUT2D eigenvalue weighted by Gasteiger charge is -2.22. The molecule has 35 heavy (non-hydrogen) atoms. The zero-order valence-corrected chi connectivity index (χ0v) is 27.7. The molecule has 0 aliphatic heterocycles. The Bertz CT molecular complexity index is 568. The highest BCUT2D eigenvalue weighted by molar-refractivity contribution is 8.78. The molecule has 1 heterocycles. The molecule has 0 radical (unpaired) electrons. The molecule has 0 unspecified atom stereocenters. The zero-order chi connectivity index (χ0) is 25.8. The maximum absolute atomic E-state index is 4.46. The first-order chi connectivity index (χ1) is 16.8. The van der Waals surface area contributed by atoms with Gasteiger partial charge in [0.1, 0.15) is 0 Å². The van der Waals surface area contributed by atoms with Crippen molar-refractivity contribution in [2.24, 2.45) is 0 Å². The second kappa shape index (κ2) is 20.9. The van der Waals surface area contributed by atoms with Gasteiger partial charge in [0.2, 0.25) is 0 Å². The van der Waals surface area contributed by atoms with Crippen molar-refractivity contribution in [2.45, 2.75) is 175 Å². The fraction of sp³-hybridized carbons (Fsp3) is 0.929. The number of nitrogens with zero attached hydrogens (tertiary/aromatic N) is 2. The highest BCUT2D eigenvalue weighted by Crippen LogP contribution is 2.48. The predicted octanol–water partition coefficient (Wildman–Crippen LogP) is 12.6. The van der Waals surface area contributed by atoms with Crippen molar-refractivity contribution in [3.8, 4) is 0 Å². The topological polar surface area (TPSA) is 25.8 Å². The average Bonchev–Trinajstić information content (AvgIpc) is 3.28. The van der Waals surface area contributed by atoms with E-state index in [0.29, 0.717) is 9.49 Å². The molecule has 206 valence electrons. The number of aromatic nitrogens is 2. The minimum atomic E-state index is 0.290. The third kappa shape index (κ3) is 19.7. The minimum absolute atomic E-state index is 0.290. The Morgan fingerprint density at radius 3 is 1.17 bits per heavy atom. The van der Waals surface area contributed by atoms with Gasteiger partial charge in [-0.25, -0.2) is 0 Å². The molecule has 0 spiro atoms. The molecule has 0 aliphatic rings. The molecule has 0 saturated carbocycles. The molecule has 2 nitrogen and oxygen atoms in total. The SMILES string of the molecule is CCCCCCCCCCC(C)(C)SSc1nnc(SSC(C)(C)CCCCCCCCCC)s1. The largest absolute Gasteiger partial charge is 0.185 e. The Kier molecular flexibility index (Phi) is 20.3. The van der Waals surface area contributed by atoms with Gasteiger partial charge in [-0.3, -0.25) is 0 Å². The second-order valence-electron chi connectivity index (χ2n) is 11.1. The lowest BCUT2D eigenvalue weighted by molar-refractivity contribution is 0.533. The Labute approximate surface area is 238 Å². The summed E-state index contributed by atoms with van der Waals surface area (Å²) in [6.45, 7) is 14.1. The summed E-state index contributed by atoms with van der Waals surface area (Å²) < 4.78 is 2.78. The van der Waals surface area contributed by atoms with Crippen LogP contribution in [0.25, 0.3) is 0 Å². The lowest BCUT2D eigenvalue weighted by atomic mass is 10.0. The van der Waals surface area contributed by atoms with E-state index < -0.39 is 0 Å². The highest BCUT2D eigenvalue weighted by atomic mass is 33.1. The molecule has 0 atom stereocenters. The van der Waals surface area contributed by atoms with Gasteiger partial charge in [0, 0.05) is 9.49 Å². The molecule has 7 heteroatoms. The van der Waals surface area contributed by atoms with Gasteiger partial charge in [0.25, 0.3) is 0 Å². The predicted molar refractivity (Wildman–Crippen MR) is 169 cm³/mol. The summed E-state index contributed by atoms with van der Waals surface area (Å²) >= 11 is 1.76. The summed E-state index contributed by atoms with van der Waals surface area (Å²) in [6, 6.07) is 0. The van der Waals surface area contributed by atoms with Gasteiger partial charge in [0.05, 0.1) is 0 Å². The van der Waals surface area contributed by atoms with Crippen molar-refractivity contribution in [3.63, 3.8) is 0 Å². The van der Waals surface area contributed by atoms with Crippen LogP contribution in [0.3, 0.4) is 0 Å². The molecule has 0 fully saturated rings. The van der Waals surface area contributed by atoms with E-state index in [9.17, 15) is 0 Å². The van der Waals surface area contributed by atoms with Crippen molar-refractivity contribution in [1.82, 2.24) is 10.2 Å². The summed E-state index contributed by atoms with van der Waals surface area (Å²) in [7, 11) is 7.60. The Morgan fingerprint density at radius 2 is 0.829 bits per heavy atom. The standard InChI is InChI=1S/C28H54N2S5/c1-7-9-11-13-15-17-19-21-23-27(3,4)34-32-25-29-30-26(31-25)33-35-28(5,6)24-22-20-18-16-14-12-10-8-2/h7-24H2,1-6H3. The van der Waals surface area contributed by atoms with E-state index in [-0.39, 0.29) is 0 Å². The van der Waals surface area contributed by atoms with Crippen LogP contribution in [0.5, 0.6) is 0 Å². The van der Waals surface area contributed by atoms with Crippen molar-refractivity contribution < 1.29 is 0 Å². The molecule has 1 aromatic rings. The normalized spacial score (nSPS) is 12.5. The van der Waals surface area contributed by atoms with E-state index in [1.54, 1.807) is 11.3 Å². The van der Waals surface area contributed by atoms with Gasteiger partial charge in [-0.2, -0.15) is 0 Å². The summed E-state index contributed by atoms with van der Waals surface area (Å²) in [5.41, 5.74) is 0. The first-order valence-electron chi connectivity index (χ1n) is 14.3. The maximum Gasteiger partial charge on any atom is 0.185 e. The van der Waals surface area contributed by atoms with Crippen LogP contribution >= 0.6 is 54.5 Å². The first-order valence-corrected chi connectivity index (χ1v) is 19.4. The Hall–Kier alpha value is 0.960. The lowest BCUT2D eigenvalue weighted by Crippen LogP contribution is -2.12. The summed E-state index contributed by atoms with van der Waals surface area (Å²) in [5, 5.41) is 8.92. The second-order valence-corrected chi connectivity index (χ2v) is 18.3. The molecule has 1 rings (SSSR count). The molecule has 0 aromatic carbocycles. The molecular weight excluding hydrogens is 525 g/mol. The monoisotopic (exact) mass is 578 g/mol. The van der Waals surface area contributed by atoms with E-state index in [1.807, 2.05) is 43.2 Å². The van der Waals surface area contributed by atoms with Crippen LogP contribution in [0.1, 0.15) is 157 Å². The number of unbranched alkanes of at least 4 members (excludes halogenated alkanes) is 14. The summed E-state index contributed by atoms with van der Waals surface area (Å²) in [6.07, 6.45) is 24.8. The number of hydrogen-bond acceptors (Lipinski definition) is 7. The van der Waals surface area contributed by atoms with Crippen LogP contribution in [-0.4, -0.2) is 19.7 Å². The smallest absolute Gasteiger partial charge is 0.130 e. The van der Waals surface area contributed by atoms with Crippen molar-refractivity contribution in [3.05, 3.63) is 0 Å². The Morgan fingerprint density at radius 1 is 0.514 bits per heavy atom. The fourth-order valence-electron chi connectivity index (χ4n) is 4.01. The van der Waals surface area contributed by atoms with Crippen LogP contribution in [0, 0.1) is 0 Å². The first kappa shape index (κ1) is 34.0.